The number of anilines is 2. The molecule has 0 fully saturated rings. The van der Waals surface area contributed by atoms with Gasteiger partial charge in [0.15, 0.2) is 0 Å². The van der Waals surface area contributed by atoms with Crippen molar-refractivity contribution in [1.29, 1.82) is 0 Å². The van der Waals surface area contributed by atoms with Crippen LogP contribution in [0.15, 0.2) is 36.5 Å². The number of nitrogens with one attached hydrogen (secondary N) is 2. The molecule has 0 radical (unpaired) electrons. The minimum Gasteiger partial charge on any atom is -0.465 e. The number of fused-ring (bicyclic) bond motifs is 1. The zero-order valence-corrected chi connectivity index (χ0v) is 13.0. The smallest absolute Gasteiger partial charge is 0.410 e. The summed E-state index contributed by atoms with van der Waals surface area (Å²) in [6.45, 7) is 0.408. The zero-order chi connectivity index (χ0) is 16.4. The molecular formula is C15H14ClN5O2. The summed E-state index contributed by atoms with van der Waals surface area (Å²) in [7, 11) is 1.87. The Hall–Kier alpha value is -2.80. The number of aromatic nitrogens is 3. The molecule has 3 rings (SSSR count). The van der Waals surface area contributed by atoms with Gasteiger partial charge in [-0.25, -0.2) is 9.78 Å². The number of rotatable bonds is 4. The van der Waals surface area contributed by atoms with Crippen LogP contribution in [0.1, 0.15) is 5.56 Å². The Morgan fingerprint density at radius 2 is 2.17 bits per heavy atom. The third-order valence-corrected chi connectivity index (χ3v) is 3.48. The van der Waals surface area contributed by atoms with Crippen LogP contribution in [0.4, 0.5) is 16.3 Å². The number of benzene rings is 1. The second kappa shape index (κ2) is 6.13. The highest BCUT2D eigenvalue weighted by Gasteiger charge is 2.08. The summed E-state index contributed by atoms with van der Waals surface area (Å²) in [5.41, 5.74) is 2.52. The molecule has 0 bridgehead atoms. The number of carbonyl (C=O) groups is 1. The number of aryl methyl sites for hydroxylation is 1. The van der Waals surface area contributed by atoms with Crippen LogP contribution in [0.2, 0.25) is 5.15 Å². The molecule has 0 atom stereocenters. The number of halogens is 1. The number of amides is 1. The van der Waals surface area contributed by atoms with Crippen molar-refractivity contribution in [3.63, 3.8) is 0 Å². The second-order valence-electron chi connectivity index (χ2n) is 5.00. The first kappa shape index (κ1) is 15.1. The average Bonchev–Trinajstić information content (AvgIpc) is 2.85. The van der Waals surface area contributed by atoms with E-state index in [4.69, 9.17) is 16.7 Å². The van der Waals surface area contributed by atoms with Gasteiger partial charge in [0.25, 0.3) is 0 Å². The number of hydrogen-bond donors (Lipinski definition) is 3. The van der Waals surface area contributed by atoms with Crippen molar-refractivity contribution in [2.75, 3.05) is 10.6 Å². The molecule has 1 amide bonds. The highest BCUT2D eigenvalue weighted by atomic mass is 35.5. The maximum atomic E-state index is 10.8. The van der Waals surface area contributed by atoms with Gasteiger partial charge in [-0.1, -0.05) is 17.7 Å². The summed E-state index contributed by atoms with van der Waals surface area (Å²) in [5, 5.41) is 19.9. The molecule has 0 saturated carbocycles. The standard InChI is InChI=1S/C15H14ClN5O2/c1-21-8-10-6-11(3-4-12(10)20-21)17-7-9-2-5-13(16)18-14(9)19-15(22)23/h2-6,8,17H,7H2,1H3,(H,18,19)(H,22,23). The van der Waals surface area contributed by atoms with E-state index in [0.29, 0.717) is 12.1 Å². The molecule has 8 heteroatoms. The Morgan fingerprint density at radius 3 is 2.96 bits per heavy atom. The Bertz CT molecular complexity index is 877. The minimum atomic E-state index is -1.18. The fourth-order valence-electron chi connectivity index (χ4n) is 2.27. The van der Waals surface area contributed by atoms with Gasteiger partial charge in [-0.15, -0.1) is 0 Å². The first-order valence-corrected chi connectivity index (χ1v) is 7.22. The maximum absolute atomic E-state index is 10.8. The molecule has 3 aromatic rings. The summed E-state index contributed by atoms with van der Waals surface area (Å²) < 4.78 is 1.76. The van der Waals surface area contributed by atoms with Crippen LogP contribution in [0.5, 0.6) is 0 Å². The summed E-state index contributed by atoms with van der Waals surface area (Å²) in [6.07, 6.45) is 0.750. The maximum Gasteiger partial charge on any atom is 0.410 e. The van der Waals surface area contributed by atoms with E-state index in [-0.39, 0.29) is 11.0 Å². The van der Waals surface area contributed by atoms with Crippen molar-refractivity contribution in [2.24, 2.45) is 7.05 Å². The lowest BCUT2D eigenvalue weighted by Crippen LogP contribution is -2.12. The Morgan fingerprint density at radius 1 is 1.35 bits per heavy atom. The van der Waals surface area contributed by atoms with Crippen molar-refractivity contribution < 1.29 is 9.90 Å². The van der Waals surface area contributed by atoms with Crippen LogP contribution in [-0.2, 0) is 13.6 Å². The highest BCUT2D eigenvalue weighted by molar-refractivity contribution is 6.29. The van der Waals surface area contributed by atoms with Gasteiger partial charge in [-0.3, -0.25) is 10.00 Å². The summed E-state index contributed by atoms with van der Waals surface area (Å²) in [6, 6.07) is 9.18. The molecule has 2 heterocycles. The minimum absolute atomic E-state index is 0.222. The molecule has 3 N–H and O–H groups in total. The van der Waals surface area contributed by atoms with Crippen LogP contribution >= 0.6 is 11.6 Å². The van der Waals surface area contributed by atoms with E-state index in [1.165, 1.54) is 0 Å². The van der Waals surface area contributed by atoms with E-state index in [1.807, 2.05) is 31.4 Å². The highest BCUT2D eigenvalue weighted by Crippen LogP contribution is 2.21. The van der Waals surface area contributed by atoms with Crippen LogP contribution in [0.25, 0.3) is 10.9 Å². The van der Waals surface area contributed by atoms with Gasteiger partial charge in [-0.05, 0) is 24.3 Å². The van der Waals surface area contributed by atoms with Crippen LogP contribution < -0.4 is 10.6 Å². The lowest BCUT2D eigenvalue weighted by atomic mass is 10.2. The fraction of sp³-hybridized carbons (Fsp3) is 0.133. The molecule has 0 aliphatic heterocycles. The monoisotopic (exact) mass is 331 g/mol. The van der Waals surface area contributed by atoms with Gasteiger partial charge in [0, 0.05) is 36.4 Å². The van der Waals surface area contributed by atoms with Crippen molar-refractivity contribution in [1.82, 2.24) is 14.8 Å². The number of carboxylic acid groups (broad SMARTS) is 1. The van der Waals surface area contributed by atoms with E-state index in [9.17, 15) is 4.79 Å². The third-order valence-electron chi connectivity index (χ3n) is 3.27. The molecule has 118 valence electrons. The largest absolute Gasteiger partial charge is 0.465 e. The Balaban J connectivity index is 1.79. The predicted molar refractivity (Wildman–Crippen MR) is 88.9 cm³/mol. The van der Waals surface area contributed by atoms with Crippen molar-refractivity contribution >= 4 is 40.1 Å². The summed E-state index contributed by atoms with van der Waals surface area (Å²) >= 11 is 5.81. The molecule has 0 spiro atoms. The molecule has 0 aliphatic rings. The molecule has 0 aliphatic carbocycles. The second-order valence-corrected chi connectivity index (χ2v) is 5.39. The summed E-state index contributed by atoms with van der Waals surface area (Å²) in [4.78, 5) is 14.8. The Labute approximate surface area is 136 Å². The van der Waals surface area contributed by atoms with Gasteiger partial charge >= 0.3 is 6.09 Å². The normalized spacial score (nSPS) is 10.7. The zero-order valence-electron chi connectivity index (χ0n) is 12.2. The van der Waals surface area contributed by atoms with E-state index in [2.05, 4.69) is 20.7 Å². The predicted octanol–water partition coefficient (Wildman–Crippen LogP) is 3.32. The van der Waals surface area contributed by atoms with E-state index in [0.717, 1.165) is 16.6 Å². The van der Waals surface area contributed by atoms with Crippen LogP contribution in [0, 0.1) is 0 Å². The lowest BCUT2D eigenvalue weighted by molar-refractivity contribution is 0.209. The number of nitrogens with zero attached hydrogens (tertiary/aromatic N) is 3. The van der Waals surface area contributed by atoms with Gasteiger partial charge in [0.2, 0.25) is 0 Å². The SMILES string of the molecule is Cn1cc2cc(NCc3ccc(Cl)nc3NC(=O)O)ccc2n1. The van der Waals surface area contributed by atoms with Gasteiger partial charge in [-0.2, -0.15) is 5.10 Å². The molecule has 7 nitrogen and oxygen atoms in total. The third kappa shape index (κ3) is 3.51. The molecule has 23 heavy (non-hydrogen) atoms. The van der Waals surface area contributed by atoms with Gasteiger partial charge in [0.1, 0.15) is 11.0 Å². The number of hydrogen-bond acceptors (Lipinski definition) is 4. The first-order valence-electron chi connectivity index (χ1n) is 6.84. The quantitative estimate of drug-likeness (QED) is 0.638. The van der Waals surface area contributed by atoms with E-state index in [1.54, 1.807) is 16.8 Å². The topological polar surface area (TPSA) is 92.1 Å². The van der Waals surface area contributed by atoms with Crippen LogP contribution in [-0.4, -0.2) is 26.0 Å². The number of pyridine rings is 1. The van der Waals surface area contributed by atoms with Crippen molar-refractivity contribution in [3.8, 4) is 0 Å². The first-order chi connectivity index (χ1) is 11.0. The molecule has 2 aromatic heterocycles. The van der Waals surface area contributed by atoms with E-state index < -0.39 is 6.09 Å². The van der Waals surface area contributed by atoms with Gasteiger partial charge in [0.05, 0.1) is 5.52 Å². The van der Waals surface area contributed by atoms with Crippen molar-refractivity contribution in [3.05, 3.63) is 47.2 Å². The molecular weight excluding hydrogens is 318 g/mol. The molecule has 0 unspecified atom stereocenters. The summed E-state index contributed by atoms with van der Waals surface area (Å²) in [5.74, 6) is 0.222. The van der Waals surface area contributed by atoms with Crippen LogP contribution in [0.3, 0.4) is 0 Å². The molecule has 0 saturated heterocycles. The molecule has 1 aromatic carbocycles. The van der Waals surface area contributed by atoms with E-state index >= 15 is 0 Å². The van der Waals surface area contributed by atoms with Gasteiger partial charge < -0.3 is 10.4 Å². The fourth-order valence-corrected chi connectivity index (χ4v) is 2.42. The Kier molecular flexibility index (Phi) is 4.03. The van der Waals surface area contributed by atoms with Crippen molar-refractivity contribution in [2.45, 2.75) is 6.54 Å². The average molecular weight is 332 g/mol. The lowest BCUT2D eigenvalue weighted by Gasteiger charge is -2.11.